The second kappa shape index (κ2) is 8.54. The molecule has 0 saturated heterocycles. The number of aliphatic hydroxyl groups is 2. The molecule has 10 atom stereocenters. The quantitative estimate of drug-likeness (QED) is 0.500. The van der Waals surface area contributed by atoms with Gasteiger partial charge in [0.25, 0.3) is 0 Å². The Morgan fingerprint density at radius 1 is 1.00 bits per heavy atom. The van der Waals surface area contributed by atoms with Crippen LogP contribution in [0.25, 0.3) is 0 Å². The maximum Gasteiger partial charge on any atom is 0.105 e. The first-order valence-electron chi connectivity index (χ1n) is 13.3. The van der Waals surface area contributed by atoms with Gasteiger partial charge in [-0.1, -0.05) is 65.3 Å². The predicted molar refractivity (Wildman–Crippen MR) is 131 cm³/mol. The lowest BCUT2D eigenvalue weighted by molar-refractivity contribution is -0.216. The van der Waals surface area contributed by atoms with Crippen LogP contribution in [-0.2, 0) is 4.74 Å². The minimum absolute atomic E-state index is 0.214. The van der Waals surface area contributed by atoms with E-state index >= 15 is 0 Å². The van der Waals surface area contributed by atoms with E-state index in [0.717, 1.165) is 19.3 Å². The summed E-state index contributed by atoms with van der Waals surface area (Å²) in [4.78, 5) is 0. The molecule has 0 spiro atoms. The molecule has 0 amide bonds. The van der Waals surface area contributed by atoms with Gasteiger partial charge in [-0.3, -0.25) is 0 Å². The third kappa shape index (κ3) is 3.57. The van der Waals surface area contributed by atoms with Crippen molar-refractivity contribution in [1.29, 1.82) is 0 Å². The molecule has 0 aliphatic heterocycles. The Hall–Kier alpha value is -0.640. The van der Waals surface area contributed by atoms with Crippen molar-refractivity contribution in [2.24, 2.45) is 46.3 Å². The summed E-state index contributed by atoms with van der Waals surface area (Å²) in [5, 5.41) is 22.3. The highest BCUT2D eigenvalue weighted by Gasteiger charge is 2.65. The zero-order chi connectivity index (χ0) is 23.5. The number of fused-ring (bicyclic) bond motifs is 5. The molecule has 0 aromatic carbocycles. The second-order valence-electron chi connectivity index (χ2n) is 12.7. The number of methoxy groups -OCH3 is 1. The number of hydrogen-bond acceptors (Lipinski definition) is 3. The summed E-state index contributed by atoms with van der Waals surface area (Å²) in [7, 11) is 1.73. The summed E-state index contributed by atoms with van der Waals surface area (Å²) in [6, 6.07) is 0. The summed E-state index contributed by atoms with van der Waals surface area (Å²) in [5.41, 5.74) is 0.714. The van der Waals surface area contributed by atoms with Crippen molar-refractivity contribution in [3.05, 3.63) is 23.8 Å². The monoisotopic (exact) mass is 444 g/mol. The van der Waals surface area contributed by atoms with Crippen LogP contribution < -0.4 is 0 Å². The Kier molecular flexibility index (Phi) is 6.53. The number of aliphatic hydroxyl groups excluding tert-OH is 1. The Morgan fingerprint density at radius 2 is 1.72 bits per heavy atom. The van der Waals surface area contributed by atoms with E-state index in [4.69, 9.17) is 4.74 Å². The molecule has 4 rings (SSSR count). The number of rotatable bonds is 5. The van der Waals surface area contributed by atoms with Crippen LogP contribution in [-0.4, -0.2) is 35.1 Å². The van der Waals surface area contributed by atoms with Gasteiger partial charge in [-0.15, -0.1) is 0 Å². The average Bonchev–Trinajstić information content (AvgIpc) is 3.09. The van der Waals surface area contributed by atoms with Gasteiger partial charge in [0.15, 0.2) is 0 Å². The Morgan fingerprint density at radius 3 is 2.38 bits per heavy atom. The van der Waals surface area contributed by atoms with Gasteiger partial charge >= 0.3 is 0 Å². The fourth-order valence-electron chi connectivity index (χ4n) is 8.40. The van der Waals surface area contributed by atoms with Gasteiger partial charge in [0.05, 0.1) is 6.10 Å². The normalized spacial score (nSPS) is 48.2. The Labute approximate surface area is 196 Å². The molecule has 3 heteroatoms. The highest BCUT2D eigenvalue weighted by Crippen LogP contribution is 2.67. The van der Waals surface area contributed by atoms with E-state index in [1.54, 1.807) is 12.7 Å². The van der Waals surface area contributed by atoms with Gasteiger partial charge in [-0.2, -0.15) is 0 Å². The molecule has 0 heterocycles. The maximum atomic E-state index is 11.9. The standard InChI is InChI=1S/C29H48O3/c1-18(2)19(3)8-9-20(4)23-10-11-24-22-16-26(32-7)29(31)17-21(30)12-15-28(29,6)25(22)13-14-27(23,24)5/h8-9,16,18-21,23-26,30-31H,10-15,17H2,1-7H3/b9-8+/t19?,20-,21+,23-,24?,25?,26-,27-,28-,29+/m1/s1. The van der Waals surface area contributed by atoms with Crippen LogP contribution in [0, 0.1) is 46.3 Å². The molecule has 0 radical (unpaired) electrons. The van der Waals surface area contributed by atoms with E-state index in [9.17, 15) is 10.2 Å². The molecule has 3 unspecified atom stereocenters. The van der Waals surface area contributed by atoms with Crippen LogP contribution in [0.5, 0.6) is 0 Å². The molecule has 182 valence electrons. The first kappa shape index (κ1) is 24.5. The minimum Gasteiger partial charge on any atom is -0.393 e. The smallest absolute Gasteiger partial charge is 0.105 e. The van der Waals surface area contributed by atoms with E-state index < -0.39 is 11.7 Å². The van der Waals surface area contributed by atoms with Crippen LogP contribution >= 0.6 is 0 Å². The lowest BCUT2D eigenvalue weighted by Gasteiger charge is -2.62. The summed E-state index contributed by atoms with van der Waals surface area (Å²) in [6.07, 6.45) is 13.6. The molecule has 2 N–H and O–H groups in total. The van der Waals surface area contributed by atoms with Crippen molar-refractivity contribution in [1.82, 2.24) is 0 Å². The van der Waals surface area contributed by atoms with Gasteiger partial charge in [-0.25, -0.2) is 0 Å². The topological polar surface area (TPSA) is 49.7 Å². The Bertz CT molecular complexity index is 756. The largest absolute Gasteiger partial charge is 0.393 e. The lowest BCUT2D eigenvalue weighted by Crippen LogP contribution is -2.65. The summed E-state index contributed by atoms with van der Waals surface area (Å²) in [6.45, 7) is 14.2. The fourth-order valence-corrected chi connectivity index (χ4v) is 8.40. The predicted octanol–water partition coefficient (Wildman–Crippen LogP) is 6.15. The third-order valence-corrected chi connectivity index (χ3v) is 11.0. The van der Waals surface area contributed by atoms with Crippen LogP contribution in [0.2, 0.25) is 0 Å². The minimum atomic E-state index is -0.970. The first-order chi connectivity index (χ1) is 15.0. The highest BCUT2D eigenvalue weighted by atomic mass is 16.5. The molecular formula is C29H48O3. The first-order valence-corrected chi connectivity index (χ1v) is 13.3. The van der Waals surface area contributed by atoms with Crippen molar-refractivity contribution in [2.75, 3.05) is 7.11 Å². The highest BCUT2D eigenvalue weighted by molar-refractivity contribution is 5.33. The summed E-state index contributed by atoms with van der Waals surface area (Å²) < 4.78 is 5.92. The summed E-state index contributed by atoms with van der Waals surface area (Å²) in [5.74, 6) is 3.63. The van der Waals surface area contributed by atoms with Crippen LogP contribution in [0.15, 0.2) is 23.8 Å². The van der Waals surface area contributed by atoms with E-state index in [-0.39, 0.29) is 11.5 Å². The van der Waals surface area contributed by atoms with Gasteiger partial charge < -0.3 is 14.9 Å². The molecule has 4 aliphatic rings. The molecule has 3 fully saturated rings. The average molecular weight is 445 g/mol. The zero-order valence-electron chi connectivity index (χ0n) is 21.6. The van der Waals surface area contributed by atoms with Crippen LogP contribution in [0.3, 0.4) is 0 Å². The molecule has 0 aromatic rings. The third-order valence-electron chi connectivity index (χ3n) is 11.0. The van der Waals surface area contributed by atoms with Crippen LogP contribution in [0.4, 0.5) is 0 Å². The number of ether oxygens (including phenoxy) is 1. The molecular weight excluding hydrogens is 396 g/mol. The van der Waals surface area contributed by atoms with Gasteiger partial charge in [0.1, 0.15) is 11.7 Å². The molecule has 0 bridgehead atoms. The van der Waals surface area contributed by atoms with Crippen molar-refractivity contribution in [3.8, 4) is 0 Å². The van der Waals surface area contributed by atoms with E-state index in [0.29, 0.717) is 47.3 Å². The van der Waals surface area contributed by atoms with E-state index in [1.807, 2.05) is 0 Å². The van der Waals surface area contributed by atoms with Gasteiger partial charge in [0, 0.05) is 18.9 Å². The molecule has 3 saturated carbocycles. The maximum absolute atomic E-state index is 11.9. The van der Waals surface area contributed by atoms with E-state index in [1.165, 1.54) is 19.3 Å². The molecule has 3 nitrogen and oxygen atoms in total. The molecule has 0 aromatic heterocycles. The van der Waals surface area contributed by atoms with Crippen LogP contribution in [0.1, 0.15) is 86.5 Å². The number of allylic oxidation sites excluding steroid dienone is 3. The van der Waals surface area contributed by atoms with Crippen molar-refractivity contribution >= 4 is 0 Å². The van der Waals surface area contributed by atoms with Gasteiger partial charge in [-0.05, 0) is 79.4 Å². The van der Waals surface area contributed by atoms with Crippen molar-refractivity contribution in [2.45, 2.75) is 104 Å². The lowest BCUT2D eigenvalue weighted by atomic mass is 9.45. The zero-order valence-corrected chi connectivity index (χ0v) is 21.6. The second-order valence-corrected chi connectivity index (χ2v) is 12.7. The van der Waals surface area contributed by atoms with Crippen molar-refractivity contribution in [3.63, 3.8) is 0 Å². The SMILES string of the molecule is CO[C@@H]1C=C2C3CC[C@H]([C@H](C)/C=C/C(C)C(C)C)[C@@]3(C)CCC2[C@@]2(C)CC[C@H](O)C[C@]12O. The fraction of sp³-hybridized carbons (Fsp3) is 0.862. The number of hydrogen-bond donors (Lipinski definition) is 2. The van der Waals surface area contributed by atoms with Crippen molar-refractivity contribution < 1.29 is 14.9 Å². The summed E-state index contributed by atoms with van der Waals surface area (Å²) >= 11 is 0. The molecule has 32 heavy (non-hydrogen) atoms. The Balaban J connectivity index is 1.64. The van der Waals surface area contributed by atoms with Gasteiger partial charge in [0.2, 0.25) is 0 Å². The molecule has 4 aliphatic carbocycles. The van der Waals surface area contributed by atoms with E-state index in [2.05, 4.69) is 59.8 Å².